The van der Waals surface area contributed by atoms with Crippen molar-refractivity contribution in [1.82, 2.24) is 10.2 Å². The Bertz CT molecular complexity index is 632. The fourth-order valence-corrected chi connectivity index (χ4v) is 3.39. The topological polar surface area (TPSA) is 50.8 Å². The highest BCUT2D eigenvalue weighted by Gasteiger charge is 2.31. The van der Waals surface area contributed by atoms with E-state index in [1.165, 1.54) is 12.8 Å². The van der Waals surface area contributed by atoms with Crippen molar-refractivity contribution in [3.05, 3.63) is 29.8 Å². The Morgan fingerprint density at radius 2 is 2.00 bits per heavy atom. The van der Waals surface area contributed by atoms with E-state index in [0.717, 1.165) is 49.7 Å². The molecule has 1 saturated heterocycles. The van der Waals surface area contributed by atoms with Crippen molar-refractivity contribution in [2.24, 2.45) is 0 Å². The van der Waals surface area contributed by atoms with E-state index in [4.69, 9.17) is 9.47 Å². The predicted octanol–water partition coefficient (Wildman–Crippen LogP) is 3.24. The van der Waals surface area contributed by atoms with Gasteiger partial charge < -0.3 is 19.7 Å². The molecule has 1 aromatic carbocycles. The summed E-state index contributed by atoms with van der Waals surface area (Å²) < 4.78 is 11.0. The average molecular weight is 358 g/mol. The molecule has 1 saturated carbocycles. The van der Waals surface area contributed by atoms with E-state index in [9.17, 15) is 4.79 Å². The molecule has 0 bridgehead atoms. The standard InChI is InChI=1S/C21H30N2O3/c1-3-14-26-19-8-4-16(15-20(19)25-2)5-9-21(24)22-17-10-12-23(13-11-17)18-6-7-18/h4-5,8-9,15,17-18H,3,6-7,10-14H2,1-2H3,(H,22,24)/b9-5+. The number of rotatable bonds is 8. The van der Waals surface area contributed by atoms with E-state index in [2.05, 4.69) is 17.1 Å². The number of methoxy groups -OCH3 is 1. The first-order valence-corrected chi connectivity index (χ1v) is 9.73. The van der Waals surface area contributed by atoms with Gasteiger partial charge in [-0.1, -0.05) is 13.0 Å². The van der Waals surface area contributed by atoms with Crippen LogP contribution in [0, 0.1) is 0 Å². The lowest BCUT2D eigenvalue weighted by molar-refractivity contribution is -0.117. The number of carbonyl (C=O) groups excluding carboxylic acids is 1. The summed E-state index contributed by atoms with van der Waals surface area (Å²) in [6.45, 7) is 4.94. The fraction of sp³-hybridized carbons (Fsp3) is 0.571. The Balaban J connectivity index is 1.49. The minimum Gasteiger partial charge on any atom is -0.493 e. The molecule has 1 aromatic rings. The van der Waals surface area contributed by atoms with Gasteiger partial charge in [-0.3, -0.25) is 4.79 Å². The number of carbonyl (C=O) groups is 1. The molecule has 0 unspecified atom stereocenters. The SMILES string of the molecule is CCCOc1ccc(/C=C/C(=O)NC2CCN(C3CC3)CC2)cc1OC. The summed E-state index contributed by atoms with van der Waals surface area (Å²) in [7, 11) is 1.63. The van der Waals surface area contributed by atoms with Gasteiger partial charge in [-0.15, -0.1) is 0 Å². The number of nitrogens with zero attached hydrogens (tertiary/aromatic N) is 1. The van der Waals surface area contributed by atoms with Gasteiger partial charge in [0.25, 0.3) is 0 Å². The zero-order valence-corrected chi connectivity index (χ0v) is 15.9. The Hall–Kier alpha value is -2.01. The van der Waals surface area contributed by atoms with Crippen LogP contribution in [0.15, 0.2) is 24.3 Å². The van der Waals surface area contributed by atoms with Gasteiger partial charge in [0.2, 0.25) is 5.91 Å². The van der Waals surface area contributed by atoms with Crippen molar-refractivity contribution in [2.45, 2.75) is 51.1 Å². The molecule has 0 spiro atoms. The summed E-state index contributed by atoms with van der Waals surface area (Å²) in [5.74, 6) is 1.40. The summed E-state index contributed by atoms with van der Waals surface area (Å²) in [4.78, 5) is 14.8. The number of hydrogen-bond donors (Lipinski definition) is 1. The van der Waals surface area contributed by atoms with Crippen molar-refractivity contribution in [2.75, 3.05) is 26.8 Å². The number of piperidine rings is 1. The highest BCUT2D eigenvalue weighted by Crippen LogP contribution is 2.30. The molecular formula is C21H30N2O3. The van der Waals surface area contributed by atoms with E-state index in [0.29, 0.717) is 18.4 Å². The first-order chi connectivity index (χ1) is 12.7. The Morgan fingerprint density at radius 1 is 1.23 bits per heavy atom. The summed E-state index contributed by atoms with van der Waals surface area (Å²) in [5, 5.41) is 3.13. The van der Waals surface area contributed by atoms with Crippen LogP contribution in [0.1, 0.15) is 44.6 Å². The normalized spacial score (nSPS) is 18.8. The van der Waals surface area contributed by atoms with Gasteiger partial charge in [-0.05, 0) is 55.9 Å². The van der Waals surface area contributed by atoms with Crippen LogP contribution in [0.4, 0.5) is 0 Å². The van der Waals surface area contributed by atoms with Gasteiger partial charge in [0.05, 0.1) is 13.7 Å². The number of amides is 1. The molecule has 2 aliphatic rings. The van der Waals surface area contributed by atoms with Crippen LogP contribution in [0.25, 0.3) is 6.08 Å². The Kier molecular flexibility index (Phi) is 6.56. The Morgan fingerprint density at radius 3 is 2.65 bits per heavy atom. The second-order valence-corrected chi connectivity index (χ2v) is 7.14. The quantitative estimate of drug-likeness (QED) is 0.725. The van der Waals surface area contributed by atoms with Crippen LogP contribution < -0.4 is 14.8 Å². The van der Waals surface area contributed by atoms with Crippen LogP contribution in [-0.4, -0.2) is 49.7 Å². The highest BCUT2D eigenvalue weighted by atomic mass is 16.5. The first-order valence-electron chi connectivity index (χ1n) is 9.73. The van der Waals surface area contributed by atoms with Gasteiger partial charge in [0, 0.05) is 31.2 Å². The largest absolute Gasteiger partial charge is 0.493 e. The smallest absolute Gasteiger partial charge is 0.244 e. The van der Waals surface area contributed by atoms with Gasteiger partial charge >= 0.3 is 0 Å². The number of nitrogens with one attached hydrogen (secondary N) is 1. The highest BCUT2D eigenvalue weighted by molar-refractivity contribution is 5.92. The third-order valence-electron chi connectivity index (χ3n) is 5.02. The summed E-state index contributed by atoms with van der Waals surface area (Å²) in [6, 6.07) is 6.83. The Labute approximate surface area is 156 Å². The van der Waals surface area contributed by atoms with E-state index in [-0.39, 0.29) is 5.91 Å². The van der Waals surface area contributed by atoms with E-state index in [1.54, 1.807) is 13.2 Å². The van der Waals surface area contributed by atoms with Crippen LogP contribution in [0.3, 0.4) is 0 Å². The number of benzene rings is 1. The van der Waals surface area contributed by atoms with Gasteiger partial charge in [-0.25, -0.2) is 0 Å². The minimum absolute atomic E-state index is 0.0276. The number of hydrogen-bond acceptors (Lipinski definition) is 4. The van der Waals surface area contributed by atoms with Crippen LogP contribution in [0.2, 0.25) is 0 Å². The zero-order chi connectivity index (χ0) is 18.4. The molecule has 1 N–H and O–H groups in total. The third-order valence-corrected chi connectivity index (χ3v) is 5.02. The number of likely N-dealkylation sites (tertiary alicyclic amines) is 1. The maximum Gasteiger partial charge on any atom is 0.244 e. The van der Waals surface area contributed by atoms with Crippen molar-refractivity contribution >= 4 is 12.0 Å². The molecule has 0 atom stereocenters. The van der Waals surface area contributed by atoms with Crippen molar-refractivity contribution in [3.8, 4) is 11.5 Å². The molecule has 2 fully saturated rings. The number of ether oxygens (including phenoxy) is 2. The summed E-state index contributed by atoms with van der Waals surface area (Å²) in [6.07, 6.45) is 9.18. The molecule has 1 heterocycles. The minimum atomic E-state index is -0.0276. The summed E-state index contributed by atoms with van der Waals surface area (Å²) >= 11 is 0. The van der Waals surface area contributed by atoms with Gasteiger partial charge in [-0.2, -0.15) is 0 Å². The first kappa shape index (κ1) is 18.8. The van der Waals surface area contributed by atoms with E-state index < -0.39 is 0 Å². The molecule has 5 nitrogen and oxygen atoms in total. The fourth-order valence-electron chi connectivity index (χ4n) is 3.39. The van der Waals surface area contributed by atoms with Crippen LogP contribution in [-0.2, 0) is 4.79 Å². The molecule has 5 heteroatoms. The molecule has 1 aliphatic carbocycles. The second kappa shape index (κ2) is 9.08. The lowest BCUT2D eigenvalue weighted by atomic mass is 10.0. The summed E-state index contributed by atoms with van der Waals surface area (Å²) in [5.41, 5.74) is 0.921. The van der Waals surface area contributed by atoms with Crippen LogP contribution >= 0.6 is 0 Å². The third kappa shape index (κ3) is 5.24. The molecule has 26 heavy (non-hydrogen) atoms. The molecule has 0 aromatic heterocycles. The molecule has 0 radical (unpaired) electrons. The van der Waals surface area contributed by atoms with Crippen molar-refractivity contribution in [3.63, 3.8) is 0 Å². The van der Waals surface area contributed by atoms with Crippen molar-refractivity contribution < 1.29 is 14.3 Å². The van der Waals surface area contributed by atoms with Crippen molar-refractivity contribution in [1.29, 1.82) is 0 Å². The van der Waals surface area contributed by atoms with E-state index >= 15 is 0 Å². The zero-order valence-electron chi connectivity index (χ0n) is 15.9. The molecule has 1 amide bonds. The van der Waals surface area contributed by atoms with Crippen LogP contribution in [0.5, 0.6) is 11.5 Å². The van der Waals surface area contributed by atoms with Gasteiger partial charge in [0.1, 0.15) is 0 Å². The maximum absolute atomic E-state index is 12.2. The van der Waals surface area contributed by atoms with Gasteiger partial charge in [0.15, 0.2) is 11.5 Å². The maximum atomic E-state index is 12.2. The average Bonchev–Trinajstić information content (AvgIpc) is 3.51. The lowest BCUT2D eigenvalue weighted by Gasteiger charge is -2.32. The molecule has 142 valence electrons. The van der Waals surface area contributed by atoms with E-state index in [1.807, 2.05) is 24.3 Å². The molecule has 1 aliphatic heterocycles. The molecule has 3 rings (SSSR count). The molecular weight excluding hydrogens is 328 g/mol. The lowest BCUT2D eigenvalue weighted by Crippen LogP contribution is -2.44. The predicted molar refractivity (Wildman–Crippen MR) is 104 cm³/mol. The monoisotopic (exact) mass is 358 g/mol. The second-order valence-electron chi connectivity index (χ2n) is 7.14.